The smallest absolute Gasteiger partial charge is 0.339 e. The van der Waals surface area contributed by atoms with Crippen LogP contribution in [0, 0.1) is 13.8 Å². The van der Waals surface area contributed by atoms with Crippen LogP contribution in [0.5, 0.6) is 0 Å². The Morgan fingerprint density at radius 3 is 2.70 bits per heavy atom. The van der Waals surface area contributed by atoms with Crippen molar-refractivity contribution >= 4 is 11.6 Å². The monoisotopic (exact) mass is 267 g/mol. The lowest BCUT2D eigenvalue weighted by molar-refractivity contribution is 0.0695. The zero-order valence-electron chi connectivity index (χ0n) is 11.2. The highest BCUT2D eigenvalue weighted by molar-refractivity contribution is 5.88. The molecule has 1 N–H and O–H groups in total. The van der Waals surface area contributed by atoms with Crippen molar-refractivity contribution in [3.63, 3.8) is 0 Å². The third-order valence-corrected chi connectivity index (χ3v) is 3.38. The van der Waals surface area contributed by atoms with Gasteiger partial charge in [0, 0.05) is 17.8 Å². The van der Waals surface area contributed by atoms with Gasteiger partial charge >= 0.3 is 5.97 Å². The number of hydrogen-bond donors (Lipinski definition) is 1. The van der Waals surface area contributed by atoms with Gasteiger partial charge in [0.25, 0.3) is 0 Å². The number of aryl methyl sites for hydroxylation is 2. The highest BCUT2D eigenvalue weighted by Crippen LogP contribution is 2.23. The van der Waals surface area contributed by atoms with Crippen LogP contribution in [-0.2, 0) is 0 Å². The third kappa shape index (κ3) is 1.84. The fourth-order valence-corrected chi connectivity index (χ4v) is 2.25. The lowest BCUT2D eigenvalue weighted by Gasteiger charge is -2.02. The van der Waals surface area contributed by atoms with E-state index in [4.69, 9.17) is 5.11 Å². The molecule has 20 heavy (non-hydrogen) atoms. The molecule has 0 unspecified atom stereocenters. The summed E-state index contributed by atoms with van der Waals surface area (Å²) in [6.07, 6.45) is 1.37. The van der Waals surface area contributed by atoms with E-state index in [1.54, 1.807) is 11.4 Å². The summed E-state index contributed by atoms with van der Waals surface area (Å²) in [7, 11) is 0. The Morgan fingerprint density at radius 2 is 2.00 bits per heavy atom. The minimum atomic E-state index is -0.996. The topological polar surface area (TPSA) is 67.5 Å². The molecule has 0 aliphatic carbocycles. The van der Waals surface area contributed by atoms with E-state index in [1.807, 2.05) is 37.3 Å². The number of carbonyl (C=O) groups is 1. The van der Waals surface area contributed by atoms with Crippen molar-refractivity contribution in [2.24, 2.45) is 0 Å². The number of aromatic nitrogens is 3. The average Bonchev–Trinajstić information content (AvgIpc) is 2.84. The summed E-state index contributed by atoms with van der Waals surface area (Å²) in [5.41, 5.74) is 4.31. The molecule has 2 heterocycles. The van der Waals surface area contributed by atoms with Gasteiger partial charge in [-0.25, -0.2) is 14.3 Å². The molecule has 3 rings (SSSR count). The Labute approximate surface area is 115 Å². The second kappa shape index (κ2) is 4.45. The van der Waals surface area contributed by atoms with Crippen LogP contribution in [0.3, 0.4) is 0 Å². The van der Waals surface area contributed by atoms with Crippen LogP contribution in [0.15, 0.2) is 36.5 Å². The molecule has 0 radical (unpaired) electrons. The van der Waals surface area contributed by atoms with Crippen LogP contribution in [-0.4, -0.2) is 25.7 Å². The number of carboxylic acids is 1. The van der Waals surface area contributed by atoms with Crippen molar-refractivity contribution in [2.45, 2.75) is 13.8 Å². The Hall–Kier alpha value is -2.69. The molecular formula is C15H13N3O2. The summed E-state index contributed by atoms with van der Waals surface area (Å²) < 4.78 is 1.57. The maximum Gasteiger partial charge on any atom is 0.339 e. The summed E-state index contributed by atoms with van der Waals surface area (Å²) in [5.74, 6) is -0.996. The van der Waals surface area contributed by atoms with E-state index < -0.39 is 5.97 Å². The highest BCUT2D eigenvalue weighted by atomic mass is 16.4. The number of aromatic carboxylic acids is 1. The minimum Gasteiger partial charge on any atom is -0.478 e. The Bertz CT molecular complexity index is 821. The predicted octanol–water partition coefficient (Wildman–Crippen LogP) is 2.71. The van der Waals surface area contributed by atoms with Gasteiger partial charge in [-0.1, -0.05) is 24.3 Å². The van der Waals surface area contributed by atoms with Gasteiger partial charge < -0.3 is 5.11 Å². The summed E-state index contributed by atoms with van der Waals surface area (Å²) >= 11 is 0. The van der Waals surface area contributed by atoms with Gasteiger partial charge in [-0.05, 0) is 19.4 Å². The number of carboxylic acid groups (broad SMARTS) is 1. The van der Waals surface area contributed by atoms with Crippen molar-refractivity contribution in [3.05, 3.63) is 53.3 Å². The Balaban J connectivity index is 2.24. The number of benzene rings is 1. The molecule has 0 aliphatic rings. The molecule has 1 aromatic carbocycles. The molecule has 100 valence electrons. The summed E-state index contributed by atoms with van der Waals surface area (Å²) in [4.78, 5) is 15.3. The molecule has 0 amide bonds. The predicted molar refractivity (Wildman–Crippen MR) is 74.9 cm³/mol. The second-order valence-corrected chi connectivity index (χ2v) is 4.68. The molecule has 2 aromatic heterocycles. The normalized spacial score (nSPS) is 10.9. The lowest BCUT2D eigenvalue weighted by atomic mass is 10.1. The summed E-state index contributed by atoms with van der Waals surface area (Å²) in [6, 6.07) is 9.80. The van der Waals surface area contributed by atoms with Gasteiger partial charge in [0.15, 0.2) is 5.65 Å². The minimum absolute atomic E-state index is 0.164. The fourth-order valence-electron chi connectivity index (χ4n) is 2.25. The molecule has 0 saturated carbocycles. The number of rotatable bonds is 2. The van der Waals surface area contributed by atoms with Crippen molar-refractivity contribution in [2.75, 3.05) is 0 Å². The first-order valence-corrected chi connectivity index (χ1v) is 6.22. The van der Waals surface area contributed by atoms with E-state index in [1.165, 1.54) is 6.20 Å². The van der Waals surface area contributed by atoms with Crippen LogP contribution in [0.25, 0.3) is 16.9 Å². The first-order chi connectivity index (χ1) is 9.58. The molecule has 5 nitrogen and oxygen atoms in total. The number of hydrogen-bond acceptors (Lipinski definition) is 3. The van der Waals surface area contributed by atoms with E-state index in [-0.39, 0.29) is 5.56 Å². The van der Waals surface area contributed by atoms with Gasteiger partial charge in [0.2, 0.25) is 0 Å². The SMILES string of the molecule is Cc1ccccc1-c1cc2ncc(C(=O)O)c(C)n2n1. The zero-order valence-corrected chi connectivity index (χ0v) is 11.2. The first-order valence-electron chi connectivity index (χ1n) is 6.22. The van der Waals surface area contributed by atoms with Gasteiger partial charge in [-0.2, -0.15) is 5.10 Å². The van der Waals surface area contributed by atoms with E-state index in [9.17, 15) is 4.79 Å². The standard InChI is InChI=1S/C15H13N3O2/c1-9-5-3-4-6-11(9)13-7-14-16-8-12(15(19)20)10(2)18(14)17-13/h3-8H,1-2H3,(H,19,20). The van der Waals surface area contributed by atoms with Crippen LogP contribution < -0.4 is 0 Å². The van der Waals surface area contributed by atoms with Crippen molar-refractivity contribution < 1.29 is 9.90 Å². The molecule has 0 spiro atoms. The first kappa shape index (κ1) is 12.3. The number of fused-ring (bicyclic) bond motifs is 1. The van der Waals surface area contributed by atoms with Crippen LogP contribution in [0.4, 0.5) is 0 Å². The molecule has 0 saturated heterocycles. The maximum absolute atomic E-state index is 11.1. The molecule has 0 aliphatic heterocycles. The van der Waals surface area contributed by atoms with Crippen molar-refractivity contribution in [1.29, 1.82) is 0 Å². The second-order valence-electron chi connectivity index (χ2n) is 4.68. The summed E-state index contributed by atoms with van der Waals surface area (Å²) in [5, 5.41) is 13.6. The molecule has 0 fully saturated rings. The van der Waals surface area contributed by atoms with Crippen LogP contribution in [0.1, 0.15) is 21.6 Å². The quantitative estimate of drug-likeness (QED) is 0.775. The molecule has 0 bridgehead atoms. The highest BCUT2D eigenvalue weighted by Gasteiger charge is 2.14. The van der Waals surface area contributed by atoms with Gasteiger partial charge in [0.05, 0.1) is 17.0 Å². The molecular weight excluding hydrogens is 254 g/mol. The van der Waals surface area contributed by atoms with Gasteiger partial charge in [0.1, 0.15) is 0 Å². The summed E-state index contributed by atoms with van der Waals surface area (Å²) in [6.45, 7) is 3.75. The maximum atomic E-state index is 11.1. The van der Waals surface area contributed by atoms with E-state index in [2.05, 4.69) is 10.1 Å². The van der Waals surface area contributed by atoms with Gasteiger partial charge in [-0.3, -0.25) is 0 Å². The number of nitrogens with zero attached hydrogens (tertiary/aromatic N) is 3. The largest absolute Gasteiger partial charge is 0.478 e. The van der Waals surface area contributed by atoms with E-state index in [0.717, 1.165) is 16.8 Å². The Morgan fingerprint density at radius 1 is 1.25 bits per heavy atom. The lowest BCUT2D eigenvalue weighted by Crippen LogP contribution is -2.06. The van der Waals surface area contributed by atoms with Crippen molar-refractivity contribution in [1.82, 2.24) is 14.6 Å². The fraction of sp³-hybridized carbons (Fsp3) is 0.133. The average molecular weight is 267 g/mol. The van der Waals surface area contributed by atoms with E-state index in [0.29, 0.717) is 11.3 Å². The molecule has 0 atom stereocenters. The molecule has 3 aromatic rings. The van der Waals surface area contributed by atoms with E-state index >= 15 is 0 Å². The van der Waals surface area contributed by atoms with Crippen LogP contribution >= 0.6 is 0 Å². The van der Waals surface area contributed by atoms with Crippen LogP contribution in [0.2, 0.25) is 0 Å². The third-order valence-electron chi connectivity index (χ3n) is 3.38. The van der Waals surface area contributed by atoms with Crippen molar-refractivity contribution in [3.8, 4) is 11.3 Å². The Kier molecular flexibility index (Phi) is 2.75. The molecule has 5 heteroatoms. The zero-order chi connectivity index (χ0) is 14.3. The van der Waals surface area contributed by atoms with Gasteiger partial charge in [-0.15, -0.1) is 0 Å².